The van der Waals surface area contributed by atoms with Gasteiger partial charge in [0, 0.05) is 27.2 Å². The number of nitrogens with one attached hydrogen (secondary N) is 1. The highest BCUT2D eigenvalue weighted by Crippen LogP contribution is 2.13. The highest BCUT2D eigenvalue weighted by molar-refractivity contribution is 5.67. The lowest BCUT2D eigenvalue weighted by Crippen LogP contribution is -2.39. The van der Waals surface area contributed by atoms with Gasteiger partial charge in [-0.1, -0.05) is 60.7 Å². The average molecular weight is 329 g/mol. The van der Waals surface area contributed by atoms with Crippen molar-refractivity contribution in [1.82, 2.24) is 5.32 Å². The zero-order valence-electron chi connectivity index (χ0n) is 14.0. The van der Waals surface area contributed by atoms with E-state index in [1.165, 1.54) is 14.2 Å². The number of alkyl carbamates (subject to hydrolysis) is 1. The van der Waals surface area contributed by atoms with Gasteiger partial charge in [-0.15, -0.1) is 0 Å². The van der Waals surface area contributed by atoms with E-state index in [1.54, 1.807) is 0 Å². The van der Waals surface area contributed by atoms with Gasteiger partial charge in [0.15, 0.2) is 12.4 Å². The fraction of sp³-hybridized carbons (Fsp3) is 0.316. The maximum Gasteiger partial charge on any atom is 0.407 e. The fourth-order valence-electron chi connectivity index (χ4n) is 2.39. The first-order chi connectivity index (χ1) is 11.7. The fourth-order valence-corrected chi connectivity index (χ4v) is 2.39. The van der Waals surface area contributed by atoms with Crippen molar-refractivity contribution in [2.75, 3.05) is 14.2 Å². The zero-order chi connectivity index (χ0) is 17.2. The summed E-state index contributed by atoms with van der Waals surface area (Å²) in [7, 11) is 3.05. The average Bonchev–Trinajstić information content (AvgIpc) is 2.63. The van der Waals surface area contributed by atoms with Crippen LogP contribution in [0.1, 0.15) is 11.1 Å². The minimum Gasteiger partial charge on any atom is -0.440 e. The summed E-state index contributed by atoms with van der Waals surface area (Å²) in [6, 6.07) is 19.4. The van der Waals surface area contributed by atoms with Gasteiger partial charge >= 0.3 is 6.09 Å². The Morgan fingerprint density at radius 2 is 1.46 bits per heavy atom. The molecule has 128 valence electrons. The second kappa shape index (κ2) is 9.70. The molecule has 0 fully saturated rings. The van der Waals surface area contributed by atoms with Crippen LogP contribution in [-0.2, 0) is 27.2 Å². The van der Waals surface area contributed by atoms with Crippen molar-refractivity contribution >= 4 is 6.09 Å². The van der Waals surface area contributed by atoms with Crippen LogP contribution in [0.5, 0.6) is 0 Å². The molecule has 1 N–H and O–H groups in total. The van der Waals surface area contributed by atoms with Crippen LogP contribution in [0.4, 0.5) is 4.79 Å². The minimum atomic E-state index is -0.632. The van der Waals surface area contributed by atoms with Crippen LogP contribution in [-0.4, -0.2) is 32.7 Å². The minimum absolute atomic E-state index is 0.405. The molecule has 24 heavy (non-hydrogen) atoms. The summed E-state index contributed by atoms with van der Waals surface area (Å²) in [4.78, 5) is 12.1. The lowest BCUT2D eigenvalue weighted by atomic mass is 10.1. The first kappa shape index (κ1) is 18.0. The number of amides is 1. The van der Waals surface area contributed by atoms with Gasteiger partial charge in [-0.3, -0.25) is 0 Å². The standard InChI is InChI=1S/C19H23NO4/c1-22-18(23-2)17(13-15-9-5-3-6-10-15)24-19(21)20-14-16-11-7-4-8-12-16/h3-12,17-18H,13-14H2,1-2H3,(H,20,21). The third kappa shape index (κ3) is 5.68. The number of hydrogen-bond donors (Lipinski definition) is 1. The predicted octanol–water partition coefficient (Wildman–Crippen LogP) is 3.14. The van der Waals surface area contributed by atoms with Crippen molar-refractivity contribution in [2.45, 2.75) is 25.4 Å². The van der Waals surface area contributed by atoms with E-state index >= 15 is 0 Å². The molecule has 0 aliphatic carbocycles. The molecule has 0 heterocycles. The van der Waals surface area contributed by atoms with Crippen LogP contribution in [0.15, 0.2) is 60.7 Å². The number of hydrogen-bond acceptors (Lipinski definition) is 4. The van der Waals surface area contributed by atoms with Crippen molar-refractivity contribution in [3.8, 4) is 0 Å². The van der Waals surface area contributed by atoms with Crippen LogP contribution >= 0.6 is 0 Å². The van der Waals surface area contributed by atoms with Gasteiger partial charge in [0.2, 0.25) is 0 Å². The molecule has 0 radical (unpaired) electrons. The first-order valence-corrected chi connectivity index (χ1v) is 7.81. The van der Waals surface area contributed by atoms with Gasteiger partial charge in [-0.2, -0.15) is 0 Å². The SMILES string of the molecule is COC(OC)C(Cc1ccccc1)OC(=O)NCc1ccccc1. The Kier molecular flexibility index (Phi) is 7.26. The summed E-state index contributed by atoms with van der Waals surface area (Å²) in [6.45, 7) is 0.405. The number of carbonyl (C=O) groups is 1. The molecule has 0 saturated heterocycles. The monoisotopic (exact) mass is 329 g/mol. The molecule has 5 heteroatoms. The molecule has 5 nitrogen and oxygen atoms in total. The highest BCUT2D eigenvalue weighted by atomic mass is 16.7. The topological polar surface area (TPSA) is 56.8 Å². The van der Waals surface area contributed by atoms with E-state index in [2.05, 4.69) is 5.32 Å². The van der Waals surface area contributed by atoms with E-state index in [1.807, 2.05) is 60.7 Å². The van der Waals surface area contributed by atoms with Gasteiger partial charge < -0.3 is 19.5 Å². The number of benzene rings is 2. The molecule has 0 aromatic heterocycles. The molecular weight excluding hydrogens is 306 g/mol. The van der Waals surface area contributed by atoms with Crippen molar-refractivity contribution in [3.63, 3.8) is 0 Å². The van der Waals surface area contributed by atoms with Crippen LogP contribution in [0.2, 0.25) is 0 Å². The maximum atomic E-state index is 12.1. The van der Waals surface area contributed by atoms with Crippen molar-refractivity contribution in [2.24, 2.45) is 0 Å². The van der Waals surface area contributed by atoms with Crippen LogP contribution in [0.25, 0.3) is 0 Å². The Hall–Kier alpha value is -2.37. The van der Waals surface area contributed by atoms with Crippen LogP contribution < -0.4 is 5.32 Å². The quantitative estimate of drug-likeness (QED) is 0.756. The van der Waals surface area contributed by atoms with E-state index in [-0.39, 0.29) is 0 Å². The van der Waals surface area contributed by atoms with Gasteiger partial charge in [-0.25, -0.2) is 4.79 Å². The Morgan fingerprint density at radius 1 is 0.917 bits per heavy atom. The maximum absolute atomic E-state index is 12.1. The summed E-state index contributed by atoms with van der Waals surface area (Å²) >= 11 is 0. The summed E-state index contributed by atoms with van der Waals surface area (Å²) in [5.74, 6) is 0. The molecule has 0 saturated carbocycles. The lowest BCUT2D eigenvalue weighted by Gasteiger charge is -2.25. The van der Waals surface area contributed by atoms with Crippen molar-refractivity contribution in [1.29, 1.82) is 0 Å². The molecular formula is C19H23NO4. The normalized spacial score (nSPS) is 12.0. The number of methoxy groups -OCH3 is 2. The number of ether oxygens (including phenoxy) is 3. The summed E-state index contributed by atoms with van der Waals surface area (Å²) in [6.07, 6.45) is -1.17. The summed E-state index contributed by atoms with van der Waals surface area (Å²) in [5.41, 5.74) is 2.04. The van der Waals surface area contributed by atoms with Crippen LogP contribution in [0.3, 0.4) is 0 Å². The van der Waals surface area contributed by atoms with Gasteiger partial charge in [0.1, 0.15) is 0 Å². The molecule has 2 aromatic carbocycles. The molecule has 2 aromatic rings. The number of carbonyl (C=O) groups excluding carboxylic acids is 1. The zero-order valence-corrected chi connectivity index (χ0v) is 14.0. The van der Waals surface area contributed by atoms with Crippen LogP contribution in [0, 0.1) is 0 Å². The molecule has 0 bridgehead atoms. The second-order valence-electron chi connectivity index (χ2n) is 5.31. The molecule has 0 spiro atoms. The van der Waals surface area contributed by atoms with E-state index in [0.717, 1.165) is 11.1 Å². The predicted molar refractivity (Wildman–Crippen MR) is 91.5 cm³/mol. The third-order valence-corrected chi connectivity index (χ3v) is 3.59. The van der Waals surface area contributed by atoms with E-state index in [9.17, 15) is 4.79 Å². The summed E-state index contributed by atoms with van der Waals surface area (Å²) < 4.78 is 16.1. The largest absolute Gasteiger partial charge is 0.440 e. The van der Waals surface area contributed by atoms with Crippen molar-refractivity contribution < 1.29 is 19.0 Å². The van der Waals surface area contributed by atoms with E-state index in [0.29, 0.717) is 13.0 Å². The molecule has 1 unspecified atom stereocenters. The Labute approximate surface area is 142 Å². The van der Waals surface area contributed by atoms with E-state index in [4.69, 9.17) is 14.2 Å². The lowest BCUT2D eigenvalue weighted by molar-refractivity contribution is -0.163. The van der Waals surface area contributed by atoms with Crippen molar-refractivity contribution in [3.05, 3.63) is 71.8 Å². The molecule has 1 atom stereocenters. The number of rotatable bonds is 8. The molecule has 2 rings (SSSR count). The Bertz CT molecular complexity index is 599. The first-order valence-electron chi connectivity index (χ1n) is 7.81. The molecule has 0 aliphatic rings. The smallest absolute Gasteiger partial charge is 0.407 e. The second-order valence-corrected chi connectivity index (χ2v) is 5.31. The summed E-state index contributed by atoms with van der Waals surface area (Å²) in [5, 5.41) is 2.75. The van der Waals surface area contributed by atoms with Gasteiger partial charge in [0.05, 0.1) is 0 Å². The Morgan fingerprint density at radius 3 is 2.00 bits per heavy atom. The molecule has 1 amide bonds. The molecule has 0 aliphatic heterocycles. The Balaban J connectivity index is 1.95. The highest BCUT2D eigenvalue weighted by Gasteiger charge is 2.25. The van der Waals surface area contributed by atoms with E-state index < -0.39 is 18.5 Å². The third-order valence-electron chi connectivity index (χ3n) is 3.59. The van der Waals surface area contributed by atoms with Gasteiger partial charge in [0.25, 0.3) is 0 Å². The van der Waals surface area contributed by atoms with Gasteiger partial charge in [-0.05, 0) is 11.1 Å².